The highest BCUT2D eigenvalue weighted by atomic mass is 16.2. The van der Waals surface area contributed by atoms with E-state index in [1.165, 1.54) is 0 Å². The standard InChI is InChI=1S/C26H24N2O2/c1-17-22-13-12-19-15-27-25(18-8-4-2-5-9-18)28-24(19)26(22,14-20(16-29)23(17)30)21-10-6-3-7-11-21/h2-11,15-17,22,29H,12-14H2,1H3. The molecule has 3 unspecified atom stereocenters. The van der Waals surface area contributed by atoms with Crippen molar-refractivity contribution < 1.29 is 9.90 Å². The molecule has 3 aromatic rings. The molecule has 0 bridgehead atoms. The molecule has 1 N–H and O–H groups in total. The smallest absolute Gasteiger partial charge is 0.165 e. The third kappa shape index (κ3) is 2.71. The van der Waals surface area contributed by atoms with Crippen molar-refractivity contribution >= 4 is 5.78 Å². The molecule has 4 nitrogen and oxygen atoms in total. The van der Waals surface area contributed by atoms with E-state index >= 15 is 0 Å². The molecule has 1 fully saturated rings. The van der Waals surface area contributed by atoms with Gasteiger partial charge in [-0.3, -0.25) is 4.79 Å². The number of hydrogen-bond donors (Lipinski definition) is 1. The molecule has 2 aliphatic carbocycles. The average Bonchev–Trinajstić information content (AvgIpc) is 2.82. The lowest BCUT2D eigenvalue weighted by molar-refractivity contribution is -0.123. The number of benzene rings is 2. The van der Waals surface area contributed by atoms with Crippen LogP contribution in [0.15, 0.2) is 78.7 Å². The van der Waals surface area contributed by atoms with E-state index in [0.717, 1.165) is 41.5 Å². The van der Waals surface area contributed by atoms with Crippen molar-refractivity contribution in [3.05, 3.63) is 95.5 Å². The maximum atomic E-state index is 12.9. The van der Waals surface area contributed by atoms with Crippen LogP contribution in [0.2, 0.25) is 0 Å². The van der Waals surface area contributed by atoms with Gasteiger partial charge in [0.25, 0.3) is 0 Å². The first kappa shape index (κ1) is 18.7. The number of carbonyl (C=O) groups is 1. The van der Waals surface area contributed by atoms with Gasteiger partial charge < -0.3 is 5.11 Å². The Bertz CT molecular complexity index is 1120. The minimum absolute atomic E-state index is 0.0508. The van der Waals surface area contributed by atoms with Crippen molar-refractivity contribution in [2.75, 3.05) is 0 Å². The van der Waals surface area contributed by atoms with Crippen molar-refractivity contribution in [3.63, 3.8) is 0 Å². The number of nitrogens with zero attached hydrogens (tertiary/aromatic N) is 2. The summed E-state index contributed by atoms with van der Waals surface area (Å²) in [6.07, 6.45) is 5.18. The fourth-order valence-electron chi connectivity index (χ4n) is 5.49. The summed E-state index contributed by atoms with van der Waals surface area (Å²) in [4.78, 5) is 22.7. The van der Waals surface area contributed by atoms with Crippen LogP contribution in [0.3, 0.4) is 0 Å². The van der Waals surface area contributed by atoms with E-state index in [1.54, 1.807) is 0 Å². The van der Waals surface area contributed by atoms with Gasteiger partial charge >= 0.3 is 0 Å². The topological polar surface area (TPSA) is 63.1 Å². The number of hydrogen-bond acceptors (Lipinski definition) is 4. The SMILES string of the molecule is CC1C(=O)C(=CO)CC2(c3ccccc3)c3nc(-c4ccccc4)ncc3CCC12. The Labute approximate surface area is 176 Å². The third-order valence-corrected chi connectivity index (χ3v) is 6.92. The number of aliphatic hydroxyl groups excluding tert-OH is 1. The van der Waals surface area contributed by atoms with Gasteiger partial charge in [0, 0.05) is 28.7 Å². The summed E-state index contributed by atoms with van der Waals surface area (Å²) in [6.45, 7) is 2.00. The lowest BCUT2D eigenvalue weighted by Crippen LogP contribution is -2.51. The quantitative estimate of drug-likeness (QED) is 0.487. The predicted molar refractivity (Wildman–Crippen MR) is 116 cm³/mol. The fraction of sp³-hybridized carbons (Fsp3) is 0.269. The Balaban J connectivity index is 1.78. The molecule has 1 saturated carbocycles. The summed E-state index contributed by atoms with van der Waals surface area (Å²) in [6, 6.07) is 20.3. The zero-order valence-electron chi connectivity index (χ0n) is 17.0. The Hall–Kier alpha value is -3.27. The summed E-state index contributed by atoms with van der Waals surface area (Å²) >= 11 is 0. The summed E-state index contributed by atoms with van der Waals surface area (Å²) in [5.41, 5.74) is 4.28. The summed E-state index contributed by atoms with van der Waals surface area (Å²) in [5.74, 6) is 0.696. The van der Waals surface area contributed by atoms with Crippen molar-refractivity contribution in [3.8, 4) is 11.4 Å². The van der Waals surface area contributed by atoms with E-state index < -0.39 is 5.41 Å². The monoisotopic (exact) mass is 396 g/mol. The van der Waals surface area contributed by atoms with Gasteiger partial charge in [-0.25, -0.2) is 9.97 Å². The molecule has 0 saturated heterocycles. The highest BCUT2D eigenvalue weighted by Gasteiger charge is 2.54. The van der Waals surface area contributed by atoms with Crippen LogP contribution in [0.1, 0.15) is 36.6 Å². The van der Waals surface area contributed by atoms with Crippen LogP contribution in [0.25, 0.3) is 11.4 Å². The van der Waals surface area contributed by atoms with Crippen LogP contribution >= 0.6 is 0 Å². The lowest BCUT2D eigenvalue weighted by Gasteiger charge is -2.50. The number of ketones is 1. The van der Waals surface area contributed by atoms with Gasteiger partial charge in [-0.2, -0.15) is 0 Å². The van der Waals surface area contributed by atoms with Gasteiger partial charge in [-0.1, -0.05) is 67.6 Å². The number of rotatable bonds is 2. The molecule has 4 heteroatoms. The largest absolute Gasteiger partial charge is 0.515 e. The second kappa shape index (κ2) is 7.21. The van der Waals surface area contributed by atoms with Crippen LogP contribution in [-0.2, 0) is 16.6 Å². The van der Waals surface area contributed by atoms with Gasteiger partial charge in [0.05, 0.1) is 12.0 Å². The van der Waals surface area contributed by atoms with E-state index in [-0.39, 0.29) is 17.6 Å². The zero-order valence-corrected chi connectivity index (χ0v) is 17.0. The fourth-order valence-corrected chi connectivity index (χ4v) is 5.49. The van der Waals surface area contributed by atoms with E-state index in [0.29, 0.717) is 17.8 Å². The lowest BCUT2D eigenvalue weighted by atomic mass is 9.52. The molecule has 150 valence electrons. The van der Waals surface area contributed by atoms with Crippen LogP contribution in [0.5, 0.6) is 0 Å². The Morgan fingerprint density at radius 2 is 1.77 bits per heavy atom. The van der Waals surface area contributed by atoms with Crippen LogP contribution < -0.4 is 0 Å². The molecular formula is C26H24N2O2. The molecule has 0 aliphatic heterocycles. The molecule has 2 aliphatic rings. The molecule has 30 heavy (non-hydrogen) atoms. The van der Waals surface area contributed by atoms with Crippen LogP contribution in [0, 0.1) is 11.8 Å². The first-order chi connectivity index (χ1) is 14.6. The van der Waals surface area contributed by atoms with Crippen molar-refractivity contribution in [2.45, 2.75) is 31.6 Å². The van der Waals surface area contributed by atoms with Gasteiger partial charge in [-0.15, -0.1) is 0 Å². The molecule has 2 aromatic carbocycles. The molecule has 1 aromatic heterocycles. The van der Waals surface area contributed by atoms with Crippen LogP contribution in [-0.4, -0.2) is 20.9 Å². The molecule has 0 radical (unpaired) electrons. The van der Waals surface area contributed by atoms with Gasteiger partial charge in [0.2, 0.25) is 0 Å². The number of carbonyl (C=O) groups excluding carboxylic acids is 1. The number of fused-ring (bicyclic) bond motifs is 3. The molecule has 0 spiro atoms. The summed E-state index contributed by atoms with van der Waals surface area (Å²) < 4.78 is 0. The molecule has 3 atom stereocenters. The van der Waals surface area contributed by atoms with E-state index in [1.807, 2.05) is 61.7 Å². The molecule has 0 amide bonds. The minimum atomic E-state index is -0.455. The van der Waals surface area contributed by atoms with Gasteiger partial charge in [0.1, 0.15) is 0 Å². The van der Waals surface area contributed by atoms with E-state index in [4.69, 9.17) is 4.98 Å². The normalized spacial score (nSPS) is 26.8. The number of aryl methyl sites for hydroxylation is 1. The summed E-state index contributed by atoms with van der Waals surface area (Å²) in [7, 11) is 0. The van der Waals surface area contributed by atoms with Crippen LogP contribution in [0.4, 0.5) is 0 Å². The highest BCUT2D eigenvalue weighted by Crippen LogP contribution is 2.55. The van der Waals surface area contributed by atoms with E-state index in [2.05, 4.69) is 17.1 Å². The second-order valence-electron chi connectivity index (χ2n) is 8.40. The second-order valence-corrected chi connectivity index (χ2v) is 8.40. The molecule has 5 rings (SSSR count). The van der Waals surface area contributed by atoms with Gasteiger partial charge in [-0.05, 0) is 36.3 Å². The zero-order chi connectivity index (χ0) is 20.7. The molecular weight excluding hydrogens is 372 g/mol. The maximum Gasteiger partial charge on any atom is 0.165 e. The average molecular weight is 396 g/mol. The number of allylic oxidation sites excluding steroid dienone is 1. The predicted octanol–water partition coefficient (Wildman–Crippen LogP) is 5.04. The maximum absolute atomic E-state index is 12.9. The number of Topliss-reactive ketones (excluding diaryl/α,β-unsaturated/α-hetero) is 1. The van der Waals surface area contributed by atoms with E-state index in [9.17, 15) is 9.90 Å². The number of aliphatic hydroxyl groups is 1. The first-order valence-corrected chi connectivity index (χ1v) is 10.5. The Kier molecular flexibility index (Phi) is 4.50. The Morgan fingerprint density at radius 1 is 1.07 bits per heavy atom. The first-order valence-electron chi connectivity index (χ1n) is 10.5. The van der Waals surface area contributed by atoms with Crippen molar-refractivity contribution in [2.24, 2.45) is 11.8 Å². The summed E-state index contributed by atoms with van der Waals surface area (Å²) in [5, 5.41) is 9.90. The Morgan fingerprint density at radius 3 is 2.47 bits per heavy atom. The van der Waals surface area contributed by atoms with Crippen molar-refractivity contribution in [1.29, 1.82) is 0 Å². The van der Waals surface area contributed by atoms with Crippen molar-refractivity contribution in [1.82, 2.24) is 9.97 Å². The third-order valence-electron chi connectivity index (χ3n) is 6.92. The molecule has 1 heterocycles. The van der Waals surface area contributed by atoms with Gasteiger partial charge in [0.15, 0.2) is 11.6 Å². The minimum Gasteiger partial charge on any atom is -0.515 e. The number of aromatic nitrogens is 2. The highest BCUT2D eigenvalue weighted by molar-refractivity contribution is 5.98.